The van der Waals surface area contributed by atoms with Crippen LogP contribution in [0.5, 0.6) is 0 Å². The third-order valence-electron chi connectivity index (χ3n) is 1.92. The summed E-state index contributed by atoms with van der Waals surface area (Å²) in [4.78, 5) is 15.3. The lowest BCUT2D eigenvalue weighted by atomic mass is 10.4. The number of carbonyl (C=O) groups excluding carboxylic acids is 1. The Morgan fingerprint density at radius 1 is 1.50 bits per heavy atom. The Kier molecular flexibility index (Phi) is 3.32. The molecule has 2 rings (SSSR count). The van der Waals surface area contributed by atoms with Gasteiger partial charge >= 0.3 is 6.18 Å². The molecule has 96 valence electrons. The Morgan fingerprint density at radius 2 is 2.28 bits per heavy atom. The highest BCUT2D eigenvalue weighted by atomic mass is 32.1. The van der Waals surface area contributed by atoms with Crippen LogP contribution < -0.4 is 5.32 Å². The predicted molar refractivity (Wildman–Crippen MR) is 58.0 cm³/mol. The maximum atomic E-state index is 12.3. The number of amides is 1. The fourth-order valence-electron chi connectivity index (χ4n) is 1.19. The number of nitrogens with one attached hydrogen (secondary N) is 1. The minimum Gasteiger partial charge on any atom is -0.300 e. The van der Waals surface area contributed by atoms with Crippen LogP contribution in [-0.2, 0) is 17.5 Å². The third-order valence-corrected chi connectivity index (χ3v) is 2.60. The van der Waals surface area contributed by atoms with Gasteiger partial charge in [-0.15, -0.1) is 11.3 Å². The summed E-state index contributed by atoms with van der Waals surface area (Å²) >= 11 is 1.22. The van der Waals surface area contributed by atoms with E-state index < -0.39 is 17.8 Å². The molecule has 2 heterocycles. The number of hydrogen-bond acceptors (Lipinski definition) is 4. The van der Waals surface area contributed by atoms with Gasteiger partial charge in [0.15, 0.2) is 10.8 Å². The fraction of sp³-hybridized carbons (Fsp3) is 0.222. The van der Waals surface area contributed by atoms with Crippen LogP contribution in [0.2, 0.25) is 0 Å². The molecule has 2 aromatic rings. The van der Waals surface area contributed by atoms with Crippen molar-refractivity contribution in [1.82, 2.24) is 14.8 Å². The Labute approximate surface area is 103 Å². The molecule has 9 heteroatoms. The third kappa shape index (κ3) is 3.06. The van der Waals surface area contributed by atoms with Crippen molar-refractivity contribution in [3.8, 4) is 0 Å². The summed E-state index contributed by atoms with van der Waals surface area (Å²) < 4.78 is 37.7. The van der Waals surface area contributed by atoms with Gasteiger partial charge in [0.25, 0.3) is 0 Å². The van der Waals surface area contributed by atoms with Crippen LogP contribution in [0.15, 0.2) is 23.8 Å². The zero-order valence-electron chi connectivity index (χ0n) is 8.81. The second kappa shape index (κ2) is 4.77. The highest BCUT2D eigenvalue weighted by Crippen LogP contribution is 2.27. The zero-order valence-corrected chi connectivity index (χ0v) is 9.63. The Morgan fingerprint density at radius 3 is 2.83 bits per heavy atom. The van der Waals surface area contributed by atoms with Gasteiger partial charge in [-0.05, 0) is 6.07 Å². The van der Waals surface area contributed by atoms with E-state index >= 15 is 0 Å². The average Bonchev–Trinajstić information content (AvgIpc) is 2.87. The van der Waals surface area contributed by atoms with Crippen LogP contribution in [0.1, 0.15) is 5.69 Å². The summed E-state index contributed by atoms with van der Waals surface area (Å²) in [6.07, 6.45) is -1.89. The van der Waals surface area contributed by atoms with Gasteiger partial charge in [0, 0.05) is 17.8 Å². The zero-order chi connectivity index (χ0) is 13.2. The lowest BCUT2D eigenvalue weighted by molar-refractivity contribution is -0.141. The number of aromatic nitrogens is 3. The molecule has 0 unspecified atom stereocenters. The maximum absolute atomic E-state index is 12.3. The van der Waals surface area contributed by atoms with E-state index in [1.165, 1.54) is 17.5 Å². The molecule has 0 radical (unpaired) electrons. The van der Waals surface area contributed by atoms with Crippen molar-refractivity contribution in [2.75, 3.05) is 5.32 Å². The molecule has 0 aromatic carbocycles. The summed E-state index contributed by atoms with van der Waals surface area (Å²) in [5, 5.41) is 7.77. The average molecular weight is 276 g/mol. The quantitative estimate of drug-likeness (QED) is 0.932. The number of alkyl halides is 3. The molecule has 2 aromatic heterocycles. The molecule has 1 N–H and O–H groups in total. The number of hydrogen-bond donors (Lipinski definition) is 1. The molecule has 0 atom stereocenters. The summed E-state index contributed by atoms with van der Waals surface area (Å²) in [6, 6.07) is 0.816. The lowest BCUT2D eigenvalue weighted by Crippen LogP contribution is -2.19. The molecule has 0 fully saturated rings. The second-order valence-electron chi connectivity index (χ2n) is 3.28. The summed E-state index contributed by atoms with van der Waals surface area (Å²) in [6.45, 7) is -0.296. The number of nitrogens with zero attached hydrogens (tertiary/aromatic N) is 3. The van der Waals surface area contributed by atoms with Crippen molar-refractivity contribution in [2.45, 2.75) is 12.7 Å². The van der Waals surface area contributed by atoms with Gasteiger partial charge in [0.05, 0.1) is 0 Å². The van der Waals surface area contributed by atoms with E-state index in [0.29, 0.717) is 5.13 Å². The van der Waals surface area contributed by atoms with Crippen molar-refractivity contribution in [3.05, 3.63) is 29.5 Å². The molecule has 0 bridgehead atoms. The summed E-state index contributed by atoms with van der Waals surface area (Å²) in [7, 11) is 0. The topological polar surface area (TPSA) is 59.8 Å². The first-order valence-electron chi connectivity index (χ1n) is 4.75. The highest BCUT2D eigenvalue weighted by molar-refractivity contribution is 7.13. The van der Waals surface area contributed by atoms with Crippen LogP contribution >= 0.6 is 11.3 Å². The van der Waals surface area contributed by atoms with Gasteiger partial charge in [0.1, 0.15) is 6.54 Å². The smallest absolute Gasteiger partial charge is 0.300 e. The van der Waals surface area contributed by atoms with Crippen molar-refractivity contribution in [3.63, 3.8) is 0 Å². The van der Waals surface area contributed by atoms with Gasteiger partial charge in [-0.25, -0.2) is 4.98 Å². The van der Waals surface area contributed by atoms with Crippen LogP contribution in [0.25, 0.3) is 0 Å². The fourth-order valence-corrected chi connectivity index (χ4v) is 1.74. The van der Waals surface area contributed by atoms with Crippen LogP contribution in [0, 0.1) is 0 Å². The molecular formula is C9H7F3N4OS. The van der Waals surface area contributed by atoms with E-state index in [2.05, 4.69) is 15.4 Å². The molecule has 0 spiro atoms. The van der Waals surface area contributed by atoms with E-state index in [0.717, 1.165) is 16.9 Å². The second-order valence-corrected chi connectivity index (χ2v) is 4.18. The van der Waals surface area contributed by atoms with Crippen LogP contribution in [-0.4, -0.2) is 20.7 Å². The molecule has 0 aliphatic carbocycles. The first kappa shape index (κ1) is 12.6. The number of thiazole rings is 1. The van der Waals surface area contributed by atoms with Gasteiger partial charge < -0.3 is 5.32 Å². The SMILES string of the molecule is O=C(Cn1ccc(C(F)(F)F)n1)Nc1nccs1. The number of carbonyl (C=O) groups is 1. The summed E-state index contributed by atoms with van der Waals surface area (Å²) in [5.74, 6) is -0.484. The Balaban J connectivity index is 1.97. The van der Waals surface area contributed by atoms with Crippen molar-refractivity contribution < 1.29 is 18.0 Å². The van der Waals surface area contributed by atoms with Crippen molar-refractivity contribution in [1.29, 1.82) is 0 Å². The first-order valence-corrected chi connectivity index (χ1v) is 5.63. The van der Waals surface area contributed by atoms with E-state index in [9.17, 15) is 18.0 Å². The minimum absolute atomic E-state index is 0.296. The van der Waals surface area contributed by atoms with Crippen molar-refractivity contribution in [2.24, 2.45) is 0 Å². The van der Waals surface area contributed by atoms with Gasteiger partial charge in [0.2, 0.25) is 5.91 Å². The van der Waals surface area contributed by atoms with E-state index in [1.54, 1.807) is 5.38 Å². The maximum Gasteiger partial charge on any atom is 0.435 e. The molecule has 5 nitrogen and oxygen atoms in total. The number of halogens is 3. The predicted octanol–water partition coefficient (Wildman–Crippen LogP) is 2.00. The van der Waals surface area contributed by atoms with Gasteiger partial charge in [-0.1, -0.05) is 0 Å². The summed E-state index contributed by atoms with van der Waals surface area (Å²) in [5.41, 5.74) is -1.02. The molecule has 1 amide bonds. The van der Waals surface area contributed by atoms with Crippen LogP contribution in [0.4, 0.5) is 18.3 Å². The van der Waals surface area contributed by atoms with Gasteiger partial charge in [-0.2, -0.15) is 18.3 Å². The highest BCUT2D eigenvalue weighted by Gasteiger charge is 2.33. The van der Waals surface area contributed by atoms with Crippen molar-refractivity contribution >= 4 is 22.4 Å². The molecule has 0 aliphatic rings. The van der Waals surface area contributed by atoms with E-state index in [-0.39, 0.29) is 6.54 Å². The Bertz CT molecular complexity index is 534. The molecule has 0 saturated heterocycles. The largest absolute Gasteiger partial charge is 0.435 e. The molecule has 18 heavy (non-hydrogen) atoms. The normalized spacial score (nSPS) is 11.5. The molecular weight excluding hydrogens is 269 g/mol. The standard InChI is InChI=1S/C9H7F3N4OS/c10-9(11,12)6-1-3-16(15-6)5-7(17)14-8-13-2-4-18-8/h1-4H,5H2,(H,13,14,17). The lowest BCUT2D eigenvalue weighted by Gasteiger charge is -2.03. The number of rotatable bonds is 3. The molecule has 0 saturated carbocycles. The van der Waals surface area contributed by atoms with Crippen LogP contribution in [0.3, 0.4) is 0 Å². The van der Waals surface area contributed by atoms with E-state index in [4.69, 9.17) is 0 Å². The monoisotopic (exact) mass is 276 g/mol. The number of anilines is 1. The Hall–Kier alpha value is -1.90. The first-order chi connectivity index (χ1) is 8.45. The molecule has 0 aliphatic heterocycles. The minimum atomic E-state index is -4.50. The van der Waals surface area contributed by atoms with E-state index in [1.807, 2.05) is 0 Å². The van der Waals surface area contributed by atoms with Gasteiger partial charge in [-0.3, -0.25) is 9.48 Å².